The molecule has 172 valence electrons. The van der Waals surface area contributed by atoms with E-state index in [1.165, 1.54) is 0 Å². The predicted molar refractivity (Wildman–Crippen MR) is 146 cm³/mol. The number of hydrogen-bond acceptors (Lipinski definition) is 4. The molecule has 0 fully saturated rings. The maximum absolute atomic E-state index is 4.79. The van der Waals surface area contributed by atoms with Crippen LogP contribution < -0.4 is 0 Å². The van der Waals surface area contributed by atoms with Gasteiger partial charge in [-0.1, -0.05) is 48.5 Å². The van der Waals surface area contributed by atoms with Gasteiger partial charge in [-0.05, 0) is 47.5 Å². The van der Waals surface area contributed by atoms with Gasteiger partial charge in [-0.2, -0.15) is 0 Å². The monoisotopic (exact) mass is 466 g/mol. The van der Waals surface area contributed by atoms with Gasteiger partial charge >= 0.3 is 0 Å². The van der Waals surface area contributed by atoms with Crippen molar-refractivity contribution in [3.63, 3.8) is 0 Å². The van der Waals surface area contributed by atoms with Crippen LogP contribution in [0.2, 0.25) is 0 Å². The van der Waals surface area contributed by atoms with Crippen LogP contribution in [0, 0.1) is 0 Å². The summed E-state index contributed by atoms with van der Waals surface area (Å²) in [5.74, 6) is 0. The van der Waals surface area contributed by atoms with Gasteiger partial charge in [-0.15, -0.1) is 0 Å². The van der Waals surface area contributed by atoms with Crippen molar-refractivity contribution in [3.05, 3.63) is 133 Å². The third kappa shape index (κ3) is 4.48. The molecular formula is C30H22N6. The third-order valence-electron chi connectivity index (χ3n) is 5.97. The molecule has 0 aliphatic rings. The lowest BCUT2D eigenvalue weighted by molar-refractivity contribution is 1.06. The third-order valence-corrected chi connectivity index (χ3v) is 5.97. The van der Waals surface area contributed by atoms with E-state index in [0.29, 0.717) is 0 Å². The molecule has 2 heterocycles. The molecule has 6 heteroatoms. The van der Waals surface area contributed by atoms with Gasteiger partial charge in [0, 0.05) is 59.4 Å². The lowest BCUT2D eigenvalue weighted by atomic mass is 10.1. The van der Waals surface area contributed by atoms with E-state index in [1.807, 2.05) is 58.2 Å². The van der Waals surface area contributed by atoms with Crippen molar-refractivity contribution in [3.8, 4) is 11.4 Å². The summed E-state index contributed by atoms with van der Waals surface area (Å²) >= 11 is 0. The zero-order valence-corrected chi connectivity index (χ0v) is 19.4. The Morgan fingerprint density at radius 3 is 1.36 bits per heavy atom. The van der Waals surface area contributed by atoms with Gasteiger partial charge in [0.05, 0.1) is 24.0 Å². The second-order valence-electron chi connectivity index (χ2n) is 8.29. The Kier molecular flexibility index (Phi) is 5.74. The first kappa shape index (κ1) is 21.4. The molecule has 6 rings (SSSR count). The minimum absolute atomic E-state index is 0.910. The van der Waals surface area contributed by atoms with Crippen LogP contribution >= 0.6 is 0 Å². The Morgan fingerprint density at radius 1 is 0.528 bits per heavy atom. The van der Waals surface area contributed by atoms with Crippen molar-refractivity contribution in [1.29, 1.82) is 0 Å². The fraction of sp³-hybridized carbons (Fsp3) is 0. The first-order valence-electron chi connectivity index (χ1n) is 11.6. The average molecular weight is 467 g/mol. The predicted octanol–water partition coefficient (Wildman–Crippen LogP) is 6.71. The Balaban J connectivity index is 1.24. The molecule has 6 nitrogen and oxygen atoms in total. The summed E-state index contributed by atoms with van der Waals surface area (Å²) in [7, 11) is 0. The van der Waals surface area contributed by atoms with Gasteiger partial charge < -0.3 is 9.13 Å². The number of imidazole rings is 2. The molecule has 0 bridgehead atoms. The Bertz CT molecular complexity index is 1520. The SMILES string of the molecule is C(=Nc1ccc(N=Cc2ccc(-n3ccnc3)cc2)c2ccccc12)c1ccc(-n2ccnc2)cc1. The van der Waals surface area contributed by atoms with Crippen LogP contribution in [0.4, 0.5) is 11.4 Å². The smallest absolute Gasteiger partial charge is 0.0991 e. The van der Waals surface area contributed by atoms with Crippen molar-refractivity contribution in [1.82, 2.24) is 19.1 Å². The molecule has 0 saturated carbocycles. The minimum atomic E-state index is 0.910. The fourth-order valence-electron chi connectivity index (χ4n) is 4.07. The second kappa shape index (κ2) is 9.64. The highest BCUT2D eigenvalue weighted by atomic mass is 15.0. The van der Waals surface area contributed by atoms with E-state index in [2.05, 4.69) is 70.6 Å². The van der Waals surface area contributed by atoms with Gasteiger partial charge in [0.25, 0.3) is 0 Å². The summed E-state index contributed by atoms with van der Waals surface area (Å²) in [6.45, 7) is 0. The lowest BCUT2D eigenvalue weighted by Crippen LogP contribution is -1.90. The topological polar surface area (TPSA) is 60.4 Å². The number of nitrogens with zero attached hydrogens (tertiary/aromatic N) is 6. The van der Waals surface area contributed by atoms with Crippen LogP contribution in [0.15, 0.2) is 132 Å². The second-order valence-corrected chi connectivity index (χ2v) is 8.29. The van der Waals surface area contributed by atoms with Gasteiger partial charge in [-0.25, -0.2) is 9.97 Å². The van der Waals surface area contributed by atoms with Crippen molar-refractivity contribution in [2.24, 2.45) is 9.98 Å². The van der Waals surface area contributed by atoms with Crippen molar-refractivity contribution >= 4 is 34.6 Å². The number of rotatable bonds is 6. The average Bonchev–Trinajstić information content (AvgIpc) is 3.67. The highest BCUT2D eigenvalue weighted by Crippen LogP contribution is 2.33. The largest absolute Gasteiger partial charge is 0.306 e. The molecule has 0 N–H and O–H groups in total. The van der Waals surface area contributed by atoms with Gasteiger partial charge in [-0.3, -0.25) is 9.98 Å². The molecule has 4 aromatic carbocycles. The molecule has 0 atom stereocenters. The molecule has 36 heavy (non-hydrogen) atoms. The zero-order valence-electron chi connectivity index (χ0n) is 19.4. The first-order chi connectivity index (χ1) is 17.8. The molecule has 0 spiro atoms. The molecule has 2 aromatic heterocycles. The van der Waals surface area contributed by atoms with E-state index in [9.17, 15) is 0 Å². The number of fused-ring (bicyclic) bond motifs is 1. The number of aliphatic imine (C=N–C) groups is 2. The molecule has 0 unspecified atom stereocenters. The van der Waals surface area contributed by atoms with Gasteiger partial charge in [0.1, 0.15) is 0 Å². The summed E-state index contributed by atoms with van der Waals surface area (Å²) in [4.78, 5) is 17.8. The highest BCUT2D eigenvalue weighted by molar-refractivity contribution is 6.02. The molecule has 0 saturated heterocycles. The normalized spacial score (nSPS) is 11.7. The number of benzene rings is 4. The molecule has 0 aliphatic heterocycles. The van der Waals surface area contributed by atoms with Gasteiger partial charge in [0.15, 0.2) is 0 Å². The van der Waals surface area contributed by atoms with Crippen LogP contribution in [0.3, 0.4) is 0 Å². The summed E-state index contributed by atoms with van der Waals surface area (Å²) in [6, 6.07) is 28.7. The van der Waals surface area contributed by atoms with Crippen LogP contribution in [0.5, 0.6) is 0 Å². The van der Waals surface area contributed by atoms with E-state index < -0.39 is 0 Å². The molecule has 0 aliphatic carbocycles. The van der Waals surface area contributed by atoms with E-state index in [1.54, 1.807) is 25.0 Å². The molecular weight excluding hydrogens is 444 g/mol. The van der Waals surface area contributed by atoms with E-state index in [-0.39, 0.29) is 0 Å². The van der Waals surface area contributed by atoms with Crippen LogP contribution in [0.1, 0.15) is 11.1 Å². The fourth-order valence-corrected chi connectivity index (χ4v) is 4.07. The number of aromatic nitrogens is 4. The number of hydrogen-bond donors (Lipinski definition) is 0. The van der Waals surface area contributed by atoms with Crippen LogP contribution in [-0.4, -0.2) is 31.5 Å². The zero-order chi connectivity index (χ0) is 24.2. The van der Waals surface area contributed by atoms with Crippen molar-refractivity contribution in [2.75, 3.05) is 0 Å². The summed E-state index contributed by atoms with van der Waals surface area (Å²) < 4.78 is 3.95. The Morgan fingerprint density at radius 2 is 0.972 bits per heavy atom. The van der Waals surface area contributed by atoms with Crippen molar-refractivity contribution in [2.45, 2.75) is 0 Å². The standard InChI is InChI=1S/C30H22N6/c1-2-4-28-27(3-1)29(33-19-23-5-9-25(10-6-23)35-17-15-31-21-35)13-14-30(28)34-20-24-7-11-26(12-8-24)36-18-16-32-22-36/h1-22H. The summed E-state index contributed by atoms with van der Waals surface area (Å²) in [5.41, 5.74) is 6.01. The Labute approximate surface area is 208 Å². The van der Waals surface area contributed by atoms with E-state index in [0.717, 1.165) is 44.6 Å². The summed E-state index contributed by atoms with van der Waals surface area (Å²) in [5, 5.41) is 2.13. The van der Waals surface area contributed by atoms with E-state index >= 15 is 0 Å². The maximum atomic E-state index is 4.79. The van der Waals surface area contributed by atoms with Gasteiger partial charge in [0.2, 0.25) is 0 Å². The Hall–Kier alpha value is -5.10. The summed E-state index contributed by atoms with van der Waals surface area (Å²) in [6.07, 6.45) is 14.8. The molecule has 0 amide bonds. The molecule has 0 radical (unpaired) electrons. The lowest BCUT2D eigenvalue weighted by Gasteiger charge is -2.06. The minimum Gasteiger partial charge on any atom is -0.306 e. The van der Waals surface area contributed by atoms with Crippen LogP contribution in [0.25, 0.3) is 22.1 Å². The quantitative estimate of drug-likeness (QED) is 0.256. The first-order valence-corrected chi connectivity index (χ1v) is 11.6. The highest BCUT2D eigenvalue weighted by Gasteiger charge is 2.04. The van der Waals surface area contributed by atoms with E-state index in [4.69, 9.17) is 9.98 Å². The molecule has 6 aromatic rings. The maximum Gasteiger partial charge on any atom is 0.0991 e. The van der Waals surface area contributed by atoms with Crippen LogP contribution in [-0.2, 0) is 0 Å². The van der Waals surface area contributed by atoms with Crippen molar-refractivity contribution < 1.29 is 0 Å².